The van der Waals surface area contributed by atoms with E-state index in [2.05, 4.69) is 40.5 Å². The zero-order valence-electron chi connectivity index (χ0n) is 15.6. The van der Waals surface area contributed by atoms with Crippen LogP contribution in [0.5, 0.6) is 0 Å². The number of amidine groups is 1. The molecule has 2 heterocycles. The molecule has 1 fully saturated rings. The Labute approximate surface area is 170 Å². The number of nitrogens with zero attached hydrogens (tertiary/aromatic N) is 1. The second-order valence-corrected chi connectivity index (χ2v) is 8.01. The molecule has 144 valence electrons. The summed E-state index contributed by atoms with van der Waals surface area (Å²) in [5, 5.41) is 6.94. The van der Waals surface area contributed by atoms with Gasteiger partial charge in [-0.05, 0) is 66.9 Å². The summed E-state index contributed by atoms with van der Waals surface area (Å²) in [6, 6.07) is 11.0. The lowest BCUT2D eigenvalue weighted by molar-refractivity contribution is 0.345. The lowest BCUT2D eigenvalue weighted by atomic mass is 9.81. The van der Waals surface area contributed by atoms with Gasteiger partial charge < -0.3 is 16.0 Å². The van der Waals surface area contributed by atoms with Gasteiger partial charge in [0.2, 0.25) is 0 Å². The first kappa shape index (κ1) is 19.9. The average Bonchev–Trinajstić information content (AvgIpc) is 3.32. The average molecular weight is 403 g/mol. The van der Waals surface area contributed by atoms with Crippen LogP contribution in [-0.2, 0) is 0 Å². The van der Waals surface area contributed by atoms with Crippen molar-refractivity contribution < 1.29 is 0 Å². The Morgan fingerprint density at radius 2 is 2.22 bits per heavy atom. The topological polar surface area (TPSA) is 66.2 Å². The van der Waals surface area contributed by atoms with Crippen LogP contribution >= 0.6 is 23.7 Å². The van der Waals surface area contributed by atoms with Crippen molar-refractivity contribution in [2.24, 2.45) is 10.7 Å². The molecule has 0 saturated heterocycles. The highest BCUT2D eigenvalue weighted by Crippen LogP contribution is 2.37. The number of halogens is 1. The van der Waals surface area contributed by atoms with Gasteiger partial charge in [-0.1, -0.05) is 19.4 Å². The van der Waals surface area contributed by atoms with E-state index < -0.39 is 0 Å². The highest BCUT2D eigenvalue weighted by Gasteiger charge is 2.24. The van der Waals surface area contributed by atoms with Crippen molar-refractivity contribution in [3.8, 4) is 0 Å². The molecule has 0 radical (unpaired) electrons. The minimum absolute atomic E-state index is 0. The molecule has 6 heteroatoms. The normalized spacial score (nSPS) is 20.6. The maximum atomic E-state index is 6.17. The van der Waals surface area contributed by atoms with Crippen molar-refractivity contribution >= 4 is 46.2 Å². The summed E-state index contributed by atoms with van der Waals surface area (Å²) in [7, 11) is 0. The molecule has 1 aliphatic rings. The van der Waals surface area contributed by atoms with Crippen molar-refractivity contribution in [2.45, 2.75) is 44.6 Å². The lowest BCUT2D eigenvalue weighted by Crippen LogP contribution is -2.33. The highest BCUT2D eigenvalue weighted by molar-refractivity contribution is 7.12. The summed E-state index contributed by atoms with van der Waals surface area (Å²) in [6.07, 6.45) is 7.25. The number of rotatable bonds is 5. The standard InChI is InChI=1S/C21H26N4S.ClH/c1-2-23-15-6-3-5-14(11-15)18-13-24-19-9-8-16(12-17(18)19)25-21(22)20-7-4-10-26-20;/h4,7-10,12-15,23-24H,2-3,5-6,11H2,1H3,(H2,22,25);1H/t14-,15-;/m0./s1. The molecule has 2 aromatic heterocycles. The van der Waals surface area contributed by atoms with Crippen LogP contribution < -0.4 is 11.1 Å². The second-order valence-electron chi connectivity index (χ2n) is 7.07. The van der Waals surface area contributed by atoms with Crippen LogP contribution in [0.3, 0.4) is 0 Å². The van der Waals surface area contributed by atoms with Gasteiger partial charge in [-0.25, -0.2) is 4.99 Å². The largest absolute Gasteiger partial charge is 0.383 e. The van der Waals surface area contributed by atoms with E-state index in [1.807, 2.05) is 23.6 Å². The van der Waals surface area contributed by atoms with Crippen LogP contribution in [0.4, 0.5) is 5.69 Å². The molecule has 1 saturated carbocycles. The van der Waals surface area contributed by atoms with Gasteiger partial charge in [0.15, 0.2) is 0 Å². The molecular formula is C21H27ClN4S. The quantitative estimate of drug-likeness (QED) is 0.399. The van der Waals surface area contributed by atoms with Crippen LogP contribution in [0.25, 0.3) is 10.9 Å². The Kier molecular flexibility index (Phi) is 6.58. The van der Waals surface area contributed by atoms with E-state index >= 15 is 0 Å². The number of aromatic amines is 1. The van der Waals surface area contributed by atoms with Crippen molar-refractivity contribution in [1.29, 1.82) is 0 Å². The van der Waals surface area contributed by atoms with Crippen LogP contribution in [0.1, 0.15) is 49.0 Å². The summed E-state index contributed by atoms with van der Waals surface area (Å²) in [5.41, 5.74) is 9.69. The molecular weight excluding hydrogens is 376 g/mol. The summed E-state index contributed by atoms with van der Waals surface area (Å²) < 4.78 is 0. The Hall–Kier alpha value is -1.82. The minimum atomic E-state index is 0. The summed E-state index contributed by atoms with van der Waals surface area (Å²) in [6.45, 7) is 3.24. The van der Waals surface area contributed by atoms with Gasteiger partial charge in [0.1, 0.15) is 5.84 Å². The van der Waals surface area contributed by atoms with Crippen LogP contribution in [0.15, 0.2) is 46.9 Å². The van der Waals surface area contributed by atoms with E-state index in [4.69, 9.17) is 5.73 Å². The second kappa shape index (κ2) is 8.91. The molecule has 0 spiro atoms. The van der Waals surface area contributed by atoms with E-state index in [1.54, 1.807) is 11.3 Å². The van der Waals surface area contributed by atoms with Gasteiger partial charge in [0.25, 0.3) is 0 Å². The molecule has 4 nitrogen and oxygen atoms in total. The maximum Gasteiger partial charge on any atom is 0.141 e. The molecule has 0 amide bonds. The molecule has 1 aliphatic carbocycles. The fraction of sp³-hybridized carbons (Fsp3) is 0.381. The van der Waals surface area contributed by atoms with E-state index in [-0.39, 0.29) is 12.4 Å². The van der Waals surface area contributed by atoms with Gasteiger partial charge in [-0.2, -0.15) is 0 Å². The van der Waals surface area contributed by atoms with Crippen molar-refractivity contribution in [3.63, 3.8) is 0 Å². The van der Waals surface area contributed by atoms with Gasteiger partial charge in [-0.3, -0.25) is 0 Å². The van der Waals surface area contributed by atoms with Gasteiger partial charge >= 0.3 is 0 Å². The van der Waals surface area contributed by atoms with Crippen molar-refractivity contribution in [1.82, 2.24) is 10.3 Å². The fourth-order valence-electron chi connectivity index (χ4n) is 4.10. The third-order valence-electron chi connectivity index (χ3n) is 5.33. The first-order chi connectivity index (χ1) is 12.7. The smallest absolute Gasteiger partial charge is 0.141 e. The predicted molar refractivity (Wildman–Crippen MR) is 119 cm³/mol. The number of H-pyrrole nitrogens is 1. The summed E-state index contributed by atoms with van der Waals surface area (Å²) in [4.78, 5) is 9.10. The van der Waals surface area contributed by atoms with Crippen LogP contribution in [0.2, 0.25) is 0 Å². The molecule has 0 unspecified atom stereocenters. The zero-order chi connectivity index (χ0) is 17.9. The first-order valence-electron chi connectivity index (χ1n) is 9.47. The predicted octanol–water partition coefficient (Wildman–Crippen LogP) is 5.32. The Bertz CT molecular complexity index is 898. The monoisotopic (exact) mass is 402 g/mol. The number of hydrogen-bond donors (Lipinski definition) is 3. The first-order valence-corrected chi connectivity index (χ1v) is 10.3. The number of hydrogen-bond acceptors (Lipinski definition) is 3. The van der Waals surface area contributed by atoms with Crippen LogP contribution in [0, 0.1) is 0 Å². The molecule has 4 N–H and O–H groups in total. The van der Waals surface area contributed by atoms with Gasteiger partial charge in [0, 0.05) is 23.1 Å². The molecule has 3 aromatic rings. The summed E-state index contributed by atoms with van der Waals surface area (Å²) in [5.74, 6) is 1.19. The molecule has 0 bridgehead atoms. The Morgan fingerprint density at radius 1 is 1.33 bits per heavy atom. The third-order valence-corrected chi connectivity index (χ3v) is 6.22. The number of nitrogens with one attached hydrogen (secondary N) is 2. The number of aromatic nitrogens is 1. The van der Waals surface area contributed by atoms with Crippen LogP contribution in [-0.4, -0.2) is 23.4 Å². The highest BCUT2D eigenvalue weighted by atomic mass is 35.5. The van der Waals surface area contributed by atoms with Gasteiger partial charge in [-0.15, -0.1) is 23.7 Å². The fourth-order valence-corrected chi connectivity index (χ4v) is 4.73. The number of fused-ring (bicyclic) bond motifs is 1. The van der Waals surface area contributed by atoms with E-state index in [0.717, 1.165) is 17.1 Å². The van der Waals surface area contributed by atoms with E-state index in [0.29, 0.717) is 17.8 Å². The number of thiophene rings is 1. The molecule has 1 aromatic carbocycles. The van der Waals surface area contributed by atoms with E-state index in [9.17, 15) is 0 Å². The molecule has 27 heavy (non-hydrogen) atoms. The Morgan fingerprint density at radius 3 is 3.00 bits per heavy atom. The lowest BCUT2D eigenvalue weighted by Gasteiger charge is -2.29. The minimum Gasteiger partial charge on any atom is -0.383 e. The number of aliphatic imine (C=N–C) groups is 1. The third kappa shape index (κ3) is 4.37. The maximum absolute atomic E-state index is 6.17. The zero-order valence-corrected chi connectivity index (χ0v) is 17.2. The number of benzene rings is 1. The molecule has 4 rings (SSSR count). The molecule has 2 atom stereocenters. The molecule has 0 aliphatic heterocycles. The summed E-state index contributed by atoms with van der Waals surface area (Å²) >= 11 is 1.62. The van der Waals surface area contributed by atoms with Crippen molar-refractivity contribution in [2.75, 3.05) is 6.54 Å². The SMILES string of the molecule is CCN[C@H]1CCC[C@H](c2c[nH]c3ccc(N=C(N)c4cccs4)cc23)C1.Cl. The van der Waals surface area contributed by atoms with Gasteiger partial charge in [0.05, 0.1) is 10.6 Å². The van der Waals surface area contributed by atoms with Crippen molar-refractivity contribution in [3.05, 3.63) is 52.3 Å². The Balaban J connectivity index is 0.00000210. The van der Waals surface area contributed by atoms with E-state index in [1.165, 1.54) is 42.1 Å². The number of nitrogens with two attached hydrogens (primary N) is 1.